The molecule has 19 rings (SSSR count). The molecule has 712 valence electrons. The summed E-state index contributed by atoms with van der Waals surface area (Å²) in [5, 5.41) is 18.9. The molecule has 0 spiro atoms. The summed E-state index contributed by atoms with van der Waals surface area (Å²) in [6, 6.07) is 34.8. The zero-order valence-corrected chi connectivity index (χ0v) is 82.8. The number of primary amides is 1. The van der Waals surface area contributed by atoms with Crippen LogP contribution < -0.4 is 32.7 Å². The number of Topliss-reactive ketones (excluding diaryl/α,β-unsaturated/α-hetero) is 4. The van der Waals surface area contributed by atoms with Gasteiger partial charge in [-0.25, -0.2) is 44.7 Å². The second-order valence-electron chi connectivity index (χ2n) is 33.2. The highest BCUT2D eigenvalue weighted by Gasteiger charge is 2.29. The SMILES string of the molecule is CC(=O)c1nc(-c2ccncc2)sc1CN1CCCC1.CC(=O)c1nc(-c2ccncc2)sc1CN1CCCCC1.CC(=O)c1nc(-c2ccncc2)sc1CN1CCNCC1.CC(=O)c1nc(-c2ccncc2)sc1CN1CCOCC1.CCOC(=O)c1sc(-c2ccncc2)nc1Nc1ccccc1N.Cc1cc(C)cc(Nc2nccc(-c3nc(C(N)=O)c(NC4CCCCC4)s3)n2)c1. The molecule has 31 nitrogen and oxygen atoms in total. The zero-order valence-electron chi connectivity index (χ0n) is 77.9. The molecule has 12 aromatic heterocycles. The fourth-order valence-electron chi connectivity index (χ4n) is 15.8. The van der Waals surface area contributed by atoms with Crippen LogP contribution in [0.15, 0.2) is 177 Å². The number of piperazine rings is 1. The highest BCUT2D eigenvalue weighted by atomic mass is 32.1. The maximum Gasteiger partial charge on any atom is 0.352 e. The number of nitrogens with zero attached hydrogens (tertiary/aromatic N) is 17. The first kappa shape index (κ1) is 101. The second kappa shape index (κ2) is 50.6. The highest BCUT2D eigenvalue weighted by molar-refractivity contribution is 7.19. The molecule has 0 bridgehead atoms. The van der Waals surface area contributed by atoms with Crippen LogP contribution in [0.2, 0.25) is 0 Å². The van der Waals surface area contributed by atoms with Gasteiger partial charge in [0.15, 0.2) is 39.5 Å². The van der Waals surface area contributed by atoms with Crippen molar-refractivity contribution < 1.29 is 38.2 Å². The lowest BCUT2D eigenvalue weighted by molar-refractivity contribution is 0.0345. The van der Waals surface area contributed by atoms with E-state index in [0.29, 0.717) is 79.2 Å². The average Bonchev–Trinajstić information content (AvgIpc) is 1.68. The van der Waals surface area contributed by atoms with Crippen molar-refractivity contribution in [1.82, 2.24) is 89.7 Å². The van der Waals surface area contributed by atoms with Gasteiger partial charge in [0.05, 0.1) is 50.7 Å². The number of ketones is 4. The number of likely N-dealkylation sites (tertiary alicyclic amines) is 2. The Kier molecular flexibility index (Phi) is 37.2. The standard InChI is InChI=1S/C22H26N6OS.C17H16N4O2S.C16H19N3OS.C15H18N4OS.C15H17N3O2S.C15H17N3OS/c1-13-10-14(2)12-16(11-13)26-22-24-9-8-17(27-22)20-28-18(19(23)29)21(30-20)25-15-6-4-3-5-7-15;1-2-23-17(22)14-15(20-13-6-4-3-5-12(13)18)21-16(24-14)11-7-9-19-10-8-11;1-12(20)15-14(11-19-9-3-2-4-10-19)21-16(18-15)13-5-7-17-8-6-13;1-11(20)14-13(10-19-8-6-17-7-9-19)21-15(18-14)12-2-4-16-5-3-12;1-11(19)14-13(10-18-6-8-20-9-7-18)21-15(17-14)12-2-4-16-5-3-12;1-11(19)14-13(10-18-8-2-3-9-18)20-15(17-14)12-4-6-16-7-5-12/h8-12,15,25H,3-7H2,1-2H3,(H2,23,29)(H,24,26,27);3-10,20H,2,18H2,1H3;5-8H,2-4,9-11H2,1H3;2-5,17H,6-10H2,1H3;2-5H,6-10H2,1H3;4-7H,2-3,8-10H2,1H3. The van der Waals surface area contributed by atoms with E-state index in [1.165, 1.54) is 74.0 Å². The molecule has 4 aliphatic heterocycles. The molecular weight excluding hydrogens is 1840 g/mol. The monoisotopic (exact) mass is 1960 g/mol. The number of benzene rings is 2. The summed E-state index contributed by atoms with van der Waals surface area (Å²) < 4.78 is 10.5. The molecular formula is C100H113N23O8S6. The van der Waals surface area contributed by atoms with Gasteiger partial charge in [0.1, 0.15) is 63.5 Å². The first-order valence-electron chi connectivity index (χ1n) is 45.9. The number of thiazole rings is 6. The molecule has 0 unspecified atom stereocenters. The third kappa shape index (κ3) is 29.1. The van der Waals surface area contributed by atoms with Gasteiger partial charge in [-0.05, 0) is 188 Å². The Morgan fingerprint density at radius 3 is 1.25 bits per heavy atom. The van der Waals surface area contributed by atoms with E-state index in [9.17, 15) is 28.8 Å². The van der Waals surface area contributed by atoms with Crippen molar-refractivity contribution in [2.45, 2.75) is 145 Å². The molecule has 5 fully saturated rings. The van der Waals surface area contributed by atoms with E-state index in [-0.39, 0.29) is 28.8 Å². The topological polar surface area (TPSA) is 402 Å². The van der Waals surface area contributed by atoms with Crippen LogP contribution >= 0.6 is 68.0 Å². The second-order valence-corrected chi connectivity index (χ2v) is 39.6. The van der Waals surface area contributed by atoms with Crippen LogP contribution in [0.4, 0.5) is 33.8 Å². The number of pyridine rings is 5. The number of hydrogen-bond acceptors (Lipinski definition) is 36. The van der Waals surface area contributed by atoms with Crippen molar-refractivity contribution in [3.8, 4) is 63.6 Å². The summed E-state index contributed by atoms with van der Waals surface area (Å²) >= 11 is 9.15. The van der Waals surface area contributed by atoms with E-state index in [1.54, 1.807) is 160 Å². The highest BCUT2D eigenvalue weighted by Crippen LogP contribution is 2.39. The largest absolute Gasteiger partial charge is 0.462 e. The Balaban J connectivity index is 0.000000132. The molecule has 5 aliphatic rings. The number of nitrogens with two attached hydrogens (primary N) is 2. The Labute approximate surface area is 821 Å². The first-order valence-corrected chi connectivity index (χ1v) is 50.8. The van der Waals surface area contributed by atoms with E-state index in [4.69, 9.17) is 20.9 Å². The first-order chi connectivity index (χ1) is 66.6. The number of ether oxygens (including phenoxy) is 2. The molecule has 8 N–H and O–H groups in total. The predicted molar refractivity (Wildman–Crippen MR) is 546 cm³/mol. The predicted octanol–water partition coefficient (Wildman–Crippen LogP) is 19.0. The molecule has 4 saturated heterocycles. The summed E-state index contributed by atoms with van der Waals surface area (Å²) in [4.78, 5) is 142. The van der Waals surface area contributed by atoms with Gasteiger partial charge >= 0.3 is 5.97 Å². The fourth-order valence-corrected chi connectivity index (χ4v) is 22.4. The number of morpholine rings is 1. The lowest BCUT2D eigenvalue weighted by Gasteiger charge is -2.26. The van der Waals surface area contributed by atoms with Crippen molar-refractivity contribution in [2.75, 3.05) is 107 Å². The van der Waals surface area contributed by atoms with E-state index < -0.39 is 11.9 Å². The molecule has 16 heterocycles. The minimum Gasteiger partial charge on any atom is -0.462 e. The van der Waals surface area contributed by atoms with Crippen LogP contribution in [-0.2, 0) is 35.7 Å². The molecule has 2 aromatic carbocycles. The number of aryl methyl sites for hydroxylation is 2. The Morgan fingerprint density at radius 1 is 0.438 bits per heavy atom. The third-order valence-corrected chi connectivity index (χ3v) is 29.1. The molecule has 1 saturated carbocycles. The van der Waals surface area contributed by atoms with E-state index in [2.05, 4.69) is 126 Å². The number of aromatic nitrogens is 13. The molecule has 1 aliphatic carbocycles. The van der Waals surface area contributed by atoms with Gasteiger partial charge in [0, 0.05) is 201 Å². The number of esters is 1. The lowest BCUT2D eigenvalue weighted by Crippen LogP contribution is -2.42. The molecule has 0 radical (unpaired) electrons. The lowest BCUT2D eigenvalue weighted by atomic mass is 9.96. The van der Waals surface area contributed by atoms with E-state index in [1.807, 2.05) is 91.0 Å². The molecule has 137 heavy (non-hydrogen) atoms. The number of amides is 1. The maximum absolute atomic E-state index is 12.2. The zero-order chi connectivity index (χ0) is 95.9. The van der Waals surface area contributed by atoms with Crippen LogP contribution in [0.25, 0.3) is 63.6 Å². The fraction of sp³-hybridized carbons (Fsp3) is 0.350. The number of nitrogens with one attached hydrogen (secondary N) is 4. The van der Waals surface area contributed by atoms with Crippen LogP contribution in [0.1, 0.15) is 192 Å². The van der Waals surface area contributed by atoms with Crippen molar-refractivity contribution in [3.63, 3.8) is 0 Å². The summed E-state index contributed by atoms with van der Waals surface area (Å²) in [5.41, 5.74) is 24.5. The number of carbonyl (C=O) groups is 6. The van der Waals surface area contributed by atoms with E-state index in [0.717, 1.165) is 207 Å². The summed E-state index contributed by atoms with van der Waals surface area (Å²) in [6.07, 6.45) is 31.3. The maximum atomic E-state index is 12.2. The van der Waals surface area contributed by atoms with Gasteiger partial charge in [-0.15, -0.1) is 56.7 Å². The van der Waals surface area contributed by atoms with E-state index >= 15 is 0 Å². The van der Waals surface area contributed by atoms with Gasteiger partial charge in [0.2, 0.25) is 5.95 Å². The average molecular weight is 1960 g/mol. The van der Waals surface area contributed by atoms with Crippen LogP contribution in [0, 0.1) is 13.8 Å². The van der Waals surface area contributed by atoms with Gasteiger partial charge in [-0.1, -0.05) is 55.2 Å². The number of para-hydroxylation sites is 2. The number of nitrogen functional groups attached to an aromatic ring is 1. The van der Waals surface area contributed by atoms with Crippen molar-refractivity contribution in [2.24, 2.45) is 5.73 Å². The Bertz CT molecular complexity index is 6020. The summed E-state index contributed by atoms with van der Waals surface area (Å²) in [7, 11) is 0. The van der Waals surface area contributed by atoms with Crippen molar-refractivity contribution in [1.29, 1.82) is 0 Å². The number of hydrogen-bond donors (Lipinski definition) is 6. The normalized spacial score (nSPS) is 14.6. The molecule has 14 aromatic rings. The minimum atomic E-state index is -0.529. The van der Waals surface area contributed by atoms with Gasteiger partial charge < -0.3 is 42.2 Å². The van der Waals surface area contributed by atoms with Crippen LogP contribution in [0.3, 0.4) is 0 Å². The van der Waals surface area contributed by atoms with Crippen LogP contribution in [0.5, 0.6) is 0 Å². The third-order valence-electron chi connectivity index (χ3n) is 22.6. The summed E-state index contributed by atoms with van der Waals surface area (Å²) in [5.74, 6) is 0.143. The van der Waals surface area contributed by atoms with Gasteiger partial charge in [-0.3, -0.25) is 68.5 Å². The van der Waals surface area contributed by atoms with Gasteiger partial charge in [0.25, 0.3) is 5.91 Å². The molecule has 0 atom stereocenters. The number of rotatable bonds is 27. The minimum absolute atomic E-state index is 0.0230. The Hall–Kier alpha value is -12.4. The molecule has 1 amide bonds. The van der Waals surface area contributed by atoms with Crippen molar-refractivity contribution >= 4 is 137 Å². The quantitative estimate of drug-likeness (QED) is 0.0158. The number of piperidine rings is 1. The molecule has 37 heteroatoms. The smallest absolute Gasteiger partial charge is 0.352 e. The Morgan fingerprint density at radius 2 is 0.832 bits per heavy atom. The van der Waals surface area contributed by atoms with Crippen LogP contribution in [-0.4, -0.2) is 211 Å². The number of carbonyl (C=O) groups excluding carboxylic acids is 6. The number of anilines is 6. The summed E-state index contributed by atoms with van der Waals surface area (Å²) in [6.45, 7) is 27.7. The van der Waals surface area contributed by atoms with Gasteiger partial charge in [-0.2, -0.15) is 0 Å². The van der Waals surface area contributed by atoms with Crippen molar-refractivity contribution in [3.05, 3.63) is 241 Å².